The highest BCUT2D eigenvalue weighted by Gasteiger charge is 2.18. The first-order valence-electron chi connectivity index (χ1n) is 5.33. The van der Waals surface area contributed by atoms with E-state index in [2.05, 4.69) is 15.4 Å². The standard InChI is InChI=1S/C10H16N4O/c1-14-10(12-7-13-14)6-9(15)5-8-3-2-4-11-8/h7-8,11H,2-6H2,1H3. The highest BCUT2D eigenvalue weighted by atomic mass is 16.1. The van der Waals surface area contributed by atoms with Crippen LogP contribution in [0.15, 0.2) is 6.33 Å². The third kappa shape index (κ3) is 2.62. The Balaban J connectivity index is 1.84. The van der Waals surface area contributed by atoms with E-state index in [0.717, 1.165) is 18.8 Å². The Bertz CT molecular complexity index is 341. The predicted molar refractivity (Wildman–Crippen MR) is 55.4 cm³/mol. The fraction of sp³-hybridized carbons (Fsp3) is 0.700. The van der Waals surface area contributed by atoms with E-state index in [1.807, 2.05) is 7.05 Å². The SMILES string of the molecule is Cn1ncnc1CC(=O)CC1CCCN1. The third-order valence-electron chi connectivity index (χ3n) is 2.80. The number of Topliss-reactive ketones (excluding diaryl/α,β-unsaturated/α-hetero) is 1. The van der Waals surface area contributed by atoms with Crippen LogP contribution >= 0.6 is 0 Å². The monoisotopic (exact) mass is 208 g/mol. The van der Waals surface area contributed by atoms with E-state index in [4.69, 9.17) is 0 Å². The molecule has 15 heavy (non-hydrogen) atoms. The third-order valence-corrected chi connectivity index (χ3v) is 2.80. The molecular weight excluding hydrogens is 192 g/mol. The van der Waals surface area contributed by atoms with Gasteiger partial charge >= 0.3 is 0 Å². The molecule has 0 bridgehead atoms. The summed E-state index contributed by atoms with van der Waals surface area (Å²) in [5, 5.41) is 7.26. The Morgan fingerprint density at radius 3 is 3.20 bits per heavy atom. The molecule has 2 heterocycles. The number of ketones is 1. The first-order chi connectivity index (χ1) is 7.25. The van der Waals surface area contributed by atoms with Crippen LogP contribution in [-0.2, 0) is 18.3 Å². The zero-order valence-electron chi connectivity index (χ0n) is 8.94. The van der Waals surface area contributed by atoms with Crippen molar-refractivity contribution in [1.82, 2.24) is 20.1 Å². The molecule has 1 aliphatic rings. The molecule has 0 amide bonds. The van der Waals surface area contributed by atoms with Crippen molar-refractivity contribution >= 4 is 5.78 Å². The lowest BCUT2D eigenvalue weighted by Crippen LogP contribution is -2.25. The van der Waals surface area contributed by atoms with E-state index in [1.54, 1.807) is 4.68 Å². The zero-order chi connectivity index (χ0) is 10.7. The molecule has 0 aliphatic carbocycles. The van der Waals surface area contributed by atoms with Crippen molar-refractivity contribution in [1.29, 1.82) is 0 Å². The summed E-state index contributed by atoms with van der Waals surface area (Å²) in [6, 6.07) is 0.380. The largest absolute Gasteiger partial charge is 0.314 e. The van der Waals surface area contributed by atoms with Crippen LogP contribution in [0.4, 0.5) is 0 Å². The van der Waals surface area contributed by atoms with E-state index in [9.17, 15) is 4.79 Å². The average molecular weight is 208 g/mol. The van der Waals surface area contributed by atoms with Gasteiger partial charge in [0.1, 0.15) is 17.9 Å². The Labute approximate surface area is 88.9 Å². The van der Waals surface area contributed by atoms with Gasteiger partial charge in [-0.1, -0.05) is 0 Å². The summed E-state index contributed by atoms with van der Waals surface area (Å²) in [6.07, 6.45) is 4.80. The normalized spacial score (nSPS) is 20.7. The Morgan fingerprint density at radius 2 is 2.60 bits per heavy atom. The number of carbonyl (C=O) groups is 1. The van der Waals surface area contributed by atoms with Crippen LogP contribution < -0.4 is 5.32 Å². The Hall–Kier alpha value is -1.23. The molecule has 0 aromatic carbocycles. The van der Waals surface area contributed by atoms with Crippen molar-refractivity contribution < 1.29 is 4.79 Å². The molecule has 1 atom stereocenters. The number of hydrogen-bond donors (Lipinski definition) is 1. The van der Waals surface area contributed by atoms with Gasteiger partial charge < -0.3 is 5.32 Å². The zero-order valence-corrected chi connectivity index (χ0v) is 8.94. The molecule has 1 N–H and O–H groups in total. The molecular formula is C10H16N4O. The average Bonchev–Trinajstić information content (AvgIpc) is 2.79. The van der Waals surface area contributed by atoms with Crippen molar-refractivity contribution in [2.75, 3.05) is 6.54 Å². The molecule has 0 radical (unpaired) electrons. The number of nitrogens with one attached hydrogen (secondary N) is 1. The second-order valence-electron chi connectivity index (χ2n) is 4.01. The maximum absolute atomic E-state index is 11.7. The second kappa shape index (κ2) is 4.53. The Morgan fingerprint density at radius 1 is 1.73 bits per heavy atom. The van der Waals surface area contributed by atoms with Gasteiger partial charge in [0.25, 0.3) is 0 Å². The van der Waals surface area contributed by atoms with E-state index in [1.165, 1.54) is 12.7 Å². The molecule has 0 saturated carbocycles. The number of rotatable bonds is 4. The molecule has 1 saturated heterocycles. The van der Waals surface area contributed by atoms with E-state index in [-0.39, 0.29) is 5.78 Å². The number of aromatic nitrogens is 3. The van der Waals surface area contributed by atoms with Crippen molar-refractivity contribution in [2.24, 2.45) is 7.05 Å². The first kappa shape index (κ1) is 10.3. The molecule has 1 unspecified atom stereocenters. The van der Waals surface area contributed by atoms with Crippen LogP contribution in [0.3, 0.4) is 0 Å². The maximum Gasteiger partial charge on any atom is 0.142 e. The first-order valence-corrected chi connectivity index (χ1v) is 5.33. The fourth-order valence-corrected chi connectivity index (χ4v) is 1.93. The molecule has 1 fully saturated rings. The number of hydrogen-bond acceptors (Lipinski definition) is 4. The summed E-state index contributed by atoms with van der Waals surface area (Å²) < 4.78 is 1.65. The Kier molecular flexibility index (Phi) is 3.11. The minimum atomic E-state index is 0.241. The summed E-state index contributed by atoms with van der Waals surface area (Å²) in [5.74, 6) is 0.989. The number of aryl methyl sites for hydroxylation is 1. The van der Waals surface area contributed by atoms with Crippen molar-refractivity contribution in [3.63, 3.8) is 0 Å². The van der Waals surface area contributed by atoms with Crippen molar-refractivity contribution in [3.8, 4) is 0 Å². The lowest BCUT2D eigenvalue weighted by atomic mass is 10.1. The fourth-order valence-electron chi connectivity index (χ4n) is 1.93. The molecule has 2 rings (SSSR count). The smallest absolute Gasteiger partial charge is 0.142 e. The van der Waals surface area contributed by atoms with Crippen LogP contribution in [0.25, 0.3) is 0 Å². The van der Waals surface area contributed by atoms with E-state index < -0.39 is 0 Å². The molecule has 1 aromatic heterocycles. The summed E-state index contributed by atoms with van der Waals surface area (Å²) in [6.45, 7) is 1.04. The molecule has 82 valence electrons. The van der Waals surface area contributed by atoms with E-state index >= 15 is 0 Å². The predicted octanol–water partition coefficient (Wildman–Crippen LogP) is 0.0688. The second-order valence-corrected chi connectivity index (χ2v) is 4.01. The van der Waals surface area contributed by atoms with Gasteiger partial charge in [-0.05, 0) is 19.4 Å². The van der Waals surface area contributed by atoms with Gasteiger partial charge in [-0.25, -0.2) is 4.98 Å². The molecule has 5 nitrogen and oxygen atoms in total. The van der Waals surface area contributed by atoms with Gasteiger partial charge in [0.2, 0.25) is 0 Å². The number of carbonyl (C=O) groups excluding carboxylic acids is 1. The highest BCUT2D eigenvalue weighted by molar-refractivity contribution is 5.80. The van der Waals surface area contributed by atoms with Crippen molar-refractivity contribution in [3.05, 3.63) is 12.2 Å². The van der Waals surface area contributed by atoms with E-state index in [0.29, 0.717) is 18.9 Å². The van der Waals surface area contributed by atoms with Crippen LogP contribution in [0.2, 0.25) is 0 Å². The van der Waals surface area contributed by atoms with Gasteiger partial charge in [-0.3, -0.25) is 9.48 Å². The van der Waals surface area contributed by atoms with Gasteiger partial charge in [-0.2, -0.15) is 5.10 Å². The van der Waals surface area contributed by atoms with Gasteiger partial charge in [0.05, 0.1) is 6.42 Å². The summed E-state index contributed by atoms with van der Waals surface area (Å²) in [4.78, 5) is 15.7. The van der Waals surface area contributed by atoms with Gasteiger partial charge in [0.15, 0.2) is 0 Å². The van der Waals surface area contributed by atoms with Crippen LogP contribution in [0, 0.1) is 0 Å². The lowest BCUT2D eigenvalue weighted by Gasteiger charge is -2.08. The minimum absolute atomic E-state index is 0.241. The van der Waals surface area contributed by atoms with Gasteiger partial charge in [0, 0.05) is 19.5 Å². The molecule has 1 aromatic rings. The van der Waals surface area contributed by atoms with Gasteiger partial charge in [-0.15, -0.1) is 0 Å². The summed E-state index contributed by atoms with van der Waals surface area (Å²) >= 11 is 0. The van der Waals surface area contributed by atoms with Crippen LogP contribution in [0.1, 0.15) is 25.1 Å². The molecule has 1 aliphatic heterocycles. The molecule has 0 spiro atoms. The quantitative estimate of drug-likeness (QED) is 0.760. The summed E-state index contributed by atoms with van der Waals surface area (Å²) in [5.41, 5.74) is 0. The minimum Gasteiger partial charge on any atom is -0.314 e. The maximum atomic E-state index is 11.7. The van der Waals surface area contributed by atoms with Crippen LogP contribution in [0.5, 0.6) is 0 Å². The van der Waals surface area contributed by atoms with Crippen molar-refractivity contribution in [2.45, 2.75) is 31.7 Å². The highest BCUT2D eigenvalue weighted by Crippen LogP contribution is 2.10. The number of nitrogens with zero attached hydrogens (tertiary/aromatic N) is 3. The van der Waals surface area contributed by atoms with Crippen LogP contribution in [-0.4, -0.2) is 33.1 Å². The lowest BCUT2D eigenvalue weighted by molar-refractivity contribution is -0.119. The summed E-state index contributed by atoms with van der Waals surface area (Å²) in [7, 11) is 1.81. The topological polar surface area (TPSA) is 59.8 Å². The molecule has 5 heteroatoms.